The van der Waals surface area contributed by atoms with Crippen LogP contribution in [-0.4, -0.2) is 37.6 Å². The monoisotopic (exact) mass is 193 g/mol. The van der Waals surface area contributed by atoms with Crippen LogP contribution < -0.4 is 5.32 Å². The second kappa shape index (κ2) is 3.88. The zero-order valence-electron chi connectivity index (χ0n) is 8.92. The summed E-state index contributed by atoms with van der Waals surface area (Å²) in [5, 5.41) is 12.5. The molecule has 0 spiro atoms. The van der Waals surface area contributed by atoms with Gasteiger partial charge in [0, 0.05) is 19.1 Å². The van der Waals surface area contributed by atoms with Gasteiger partial charge in [0.15, 0.2) is 0 Å². The molecule has 0 amide bonds. The molecule has 1 N–H and O–H groups in total. The quantitative estimate of drug-likeness (QED) is 0.726. The molecule has 1 saturated heterocycles. The highest BCUT2D eigenvalue weighted by Crippen LogP contribution is 2.44. The largest absolute Gasteiger partial charge is 0.311 e. The summed E-state index contributed by atoms with van der Waals surface area (Å²) < 4.78 is 0. The Bertz CT molecular complexity index is 239. The molecule has 0 aromatic carbocycles. The van der Waals surface area contributed by atoms with E-state index in [1.165, 1.54) is 19.4 Å². The summed E-state index contributed by atoms with van der Waals surface area (Å²) in [4.78, 5) is 2.37. The van der Waals surface area contributed by atoms with Crippen molar-refractivity contribution in [3.63, 3.8) is 0 Å². The Morgan fingerprint density at radius 1 is 1.57 bits per heavy atom. The smallest absolute Gasteiger partial charge is 0.0703 e. The number of likely N-dealkylation sites (tertiary alicyclic amines) is 1. The highest BCUT2D eigenvalue weighted by atomic mass is 15.1. The fourth-order valence-corrected chi connectivity index (χ4v) is 2.15. The summed E-state index contributed by atoms with van der Waals surface area (Å²) in [5.74, 6) is 0. The van der Waals surface area contributed by atoms with E-state index in [1.807, 2.05) is 0 Å². The molecule has 14 heavy (non-hydrogen) atoms. The molecule has 2 aliphatic rings. The van der Waals surface area contributed by atoms with Crippen molar-refractivity contribution in [3.05, 3.63) is 0 Å². The van der Waals surface area contributed by atoms with E-state index in [0.29, 0.717) is 6.04 Å². The van der Waals surface area contributed by atoms with Crippen molar-refractivity contribution >= 4 is 0 Å². The number of hydrogen-bond acceptors (Lipinski definition) is 3. The lowest BCUT2D eigenvalue weighted by atomic mass is 10.0. The molecular formula is C11H19N3. The number of nitrogens with zero attached hydrogens (tertiary/aromatic N) is 2. The first-order chi connectivity index (χ1) is 6.74. The molecule has 1 atom stereocenters. The molecule has 0 aromatic rings. The van der Waals surface area contributed by atoms with Crippen molar-refractivity contribution in [2.45, 2.75) is 31.7 Å². The first kappa shape index (κ1) is 9.95. The number of likely N-dealkylation sites (N-methyl/N-ethyl adjacent to an activating group) is 1. The molecule has 2 fully saturated rings. The Kier molecular flexibility index (Phi) is 2.76. The molecule has 1 unspecified atom stereocenters. The number of rotatable bonds is 3. The van der Waals surface area contributed by atoms with Crippen LogP contribution in [0.4, 0.5) is 0 Å². The second-order valence-corrected chi connectivity index (χ2v) is 4.87. The van der Waals surface area contributed by atoms with Gasteiger partial charge in [-0.2, -0.15) is 5.26 Å². The molecule has 0 bridgehead atoms. The van der Waals surface area contributed by atoms with E-state index in [-0.39, 0.29) is 5.41 Å². The zero-order chi connectivity index (χ0) is 10.0. The minimum atomic E-state index is 0.00994. The van der Waals surface area contributed by atoms with Crippen LogP contribution in [0.3, 0.4) is 0 Å². The van der Waals surface area contributed by atoms with Crippen LogP contribution in [0, 0.1) is 16.7 Å². The molecule has 1 saturated carbocycles. The lowest BCUT2D eigenvalue weighted by molar-refractivity contribution is 0.224. The molecule has 3 nitrogen and oxygen atoms in total. The van der Waals surface area contributed by atoms with Crippen LogP contribution in [0.15, 0.2) is 0 Å². The summed E-state index contributed by atoms with van der Waals surface area (Å²) in [6.07, 6.45) is 4.75. The number of nitriles is 1. The Morgan fingerprint density at radius 3 is 2.93 bits per heavy atom. The predicted octanol–water partition coefficient (Wildman–Crippen LogP) is 0.974. The standard InChI is InChI=1S/C11H19N3/c1-14-6-2-3-10(7-14)13-9-11(8-12)4-5-11/h10,13H,2-7,9H2,1H3. The predicted molar refractivity (Wildman–Crippen MR) is 55.8 cm³/mol. The Hall–Kier alpha value is -0.590. The van der Waals surface area contributed by atoms with E-state index >= 15 is 0 Å². The first-order valence-corrected chi connectivity index (χ1v) is 5.57. The van der Waals surface area contributed by atoms with E-state index in [2.05, 4.69) is 23.3 Å². The Morgan fingerprint density at radius 2 is 2.36 bits per heavy atom. The average molecular weight is 193 g/mol. The van der Waals surface area contributed by atoms with Crippen molar-refractivity contribution in [1.29, 1.82) is 5.26 Å². The maximum absolute atomic E-state index is 8.94. The zero-order valence-corrected chi connectivity index (χ0v) is 8.92. The van der Waals surface area contributed by atoms with Gasteiger partial charge in [-0.05, 0) is 39.3 Å². The second-order valence-electron chi connectivity index (χ2n) is 4.87. The van der Waals surface area contributed by atoms with Crippen molar-refractivity contribution in [1.82, 2.24) is 10.2 Å². The molecule has 3 heteroatoms. The van der Waals surface area contributed by atoms with Gasteiger partial charge in [0.25, 0.3) is 0 Å². The minimum Gasteiger partial charge on any atom is -0.311 e. The van der Waals surface area contributed by atoms with Gasteiger partial charge in [-0.1, -0.05) is 0 Å². The third kappa shape index (κ3) is 2.26. The summed E-state index contributed by atoms with van der Waals surface area (Å²) in [5.41, 5.74) is 0.00994. The minimum absolute atomic E-state index is 0.00994. The summed E-state index contributed by atoms with van der Waals surface area (Å²) in [6, 6.07) is 3.04. The third-order valence-electron chi connectivity index (χ3n) is 3.44. The van der Waals surface area contributed by atoms with Crippen LogP contribution in [0.2, 0.25) is 0 Å². The summed E-state index contributed by atoms with van der Waals surface area (Å²) in [6.45, 7) is 3.27. The fraction of sp³-hybridized carbons (Fsp3) is 0.909. The molecule has 1 aliphatic heterocycles. The summed E-state index contributed by atoms with van der Waals surface area (Å²) >= 11 is 0. The van der Waals surface area contributed by atoms with Gasteiger partial charge in [-0.25, -0.2) is 0 Å². The van der Waals surface area contributed by atoms with E-state index < -0.39 is 0 Å². The van der Waals surface area contributed by atoms with Gasteiger partial charge in [-0.15, -0.1) is 0 Å². The van der Waals surface area contributed by atoms with Crippen molar-refractivity contribution < 1.29 is 0 Å². The Balaban J connectivity index is 1.73. The highest BCUT2D eigenvalue weighted by molar-refractivity contribution is 5.11. The van der Waals surface area contributed by atoms with Gasteiger partial charge in [-0.3, -0.25) is 0 Å². The number of piperidine rings is 1. The van der Waals surface area contributed by atoms with Crippen LogP contribution in [-0.2, 0) is 0 Å². The number of nitrogens with one attached hydrogen (secondary N) is 1. The third-order valence-corrected chi connectivity index (χ3v) is 3.44. The molecule has 0 aromatic heterocycles. The average Bonchev–Trinajstić information content (AvgIpc) is 2.96. The lowest BCUT2D eigenvalue weighted by Gasteiger charge is -2.30. The fourth-order valence-electron chi connectivity index (χ4n) is 2.15. The van der Waals surface area contributed by atoms with Gasteiger partial charge in [0.1, 0.15) is 0 Å². The maximum Gasteiger partial charge on any atom is 0.0703 e. The molecule has 1 aliphatic carbocycles. The first-order valence-electron chi connectivity index (χ1n) is 5.57. The highest BCUT2D eigenvalue weighted by Gasteiger charge is 2.43. The van der Waals surface area contributed by atoms with Crippen molar-refractivity contribution in [3.8, 4) is 6.07 Å². The summed E-state index contributed by atoms with van der Waals surface area (Å²) in [7, 11) is 2.17. The van der Waals surface area contributed by atoms with E-state index in [0.717, 1.165) is 25.9 Å². The van der Waals surface area contributed by atoms with Crippen LogP contribution in [0.5, 0.6) is 0 Å². The van der Waals surface area contributed by atoms with Gasteiger partial charge >= 0.3 is 0 Å². The molecule has 1 heterocycles. The molecule has 0 radical (unpaired) electrons. The van der Waals surface area contributed by atoms with Crippen molar-refractivity contribution in [2.75, 3.05) is 26.7 Å². The topological polar surface area (TPSA) is 39.1 Å². The molecule has 2 rings (SSSR count). The van der Waals surface area contributed by atoms with E-state index in [1.54, 1.807) is 0 Å². The van der Waals surface area contributed by atoms with Crippen LogP contribution in [0.1, 0.15) is 25.7 Å². The SMILES string of the molecule is CN1CCCC(NCC2(C#N)CC2)C1. The van der Waals surface area contributed by atoms with Crippen LogP contribution in [0.25, 0.3) is 0 Å². The van der Waals surface area contributed by atoms with E-state index in [9.17, 15) is 0 Å². The van der Waals surface area contributed by atoms with E-state index in [4.69, 9.17) is 5.26 Å². The van der Waals surface area contributed by atoms with Gasteiger partial charge in [0.2, 0.25) is 0 Å². The normalized spacial score (nSPS) is 31.0. The van der Waals surface area contributed by atoms with Crippen LogP contribution >= 0.6 is 0 Å². The van der Waals surface area contributed by atoms with Gasteiger partial charge < -0.3 is 10.2 Å². The number of hydrogen-bond donors (Lipinski definition) is 1. The molecule has 78 valence electrons. The van der Waals surface area contributed by atoms with Gasteiger partial charge in [0.05, 0.1) is 11.5 Å². The van der Waals surface area contributed by atoms with Crippen molar-refractivity contribution in [2.24, 2.45) is 5.41 Å². The Labute approximate surface area is 86.1 Å². The maximum atomic E-state index is 8.94. The lowest BCUT2D eigenvalue weighted by Crippen LogP contribution is -2.45. The molecular weight excluding hydrogens is 174 g/mol.